The smallest absolute Gasteiger partial charge is 0.413 e. The van der Waals surface area contributed by atoms with Crippen LogP contribution in [0.4, 0.5) is 29.5 Å². The predicted octanol–water partition coefficient (Wildman–Crippen LogP) is 4.88. The third-order valence-electron chi connectivity index (χ3n) is 2.96. The summed E-state index contributed by atoms with van der Waals surface area (Å²) in [6.07, 6.45) is -2.86. The highest BCUT2D eigenvalue weighted by molar-refractivity contribution is 5.85. The minimum absolute atomic E-state index is 0.158. The van der Waals surface area contributed by atoms with Crippen molar-refractivity contribution in [2.45, 2.75) is 32.8 Å². The van der Waals surface area contributed by atoms with Gasteiger partial charge in [0.2, 0.25) is 0 Å². The Hall–Kier alpha value is -2.97. The average Bonchev–Trinajstić information content (AvgIpc) is 2.48. The Balaban J connectivity index is 2.34. The van der Waals surface area contributed by atoms with Gasteiger partial charge in [-0.25, -0.2) is 22.9 Å². The van der Waals surface area contributed by atoms with E-state index in [1.807, 2.05) is 0 Å². The number of nitrogen functional groups attached to an aromatic ring is 1. The van der Waals surface area contributed by atoms with E-state index in [1.54, 1.807) is 20.8 Å². The molecule has 0 radical (unpaired) electrons. The van der Waals surface area contributed by atoms with Gasteiger partial charge in [-0.2, -0.15) is 0 Å². The van der Waals surface area contributed by atoms with Gasteiger partial charge in [0, 0.05) is 18.0 Å². The zero-order valence-electron chi connectivity index (χ0n) is 14.3. The Morgan fingerprint density at radius 1 is 1.23 bits per heavy atom. The zero-order chi connectivity index (χ0) is 19.5. The minimum Gasteiger partial charge on any atom is -0.454 e. The monoisotopic (exact) mass is 369 g/mol. The van der Waals surface area contributed by atoms with Gasteiger partial charge in [0.1, 0.15) is 22.7 Å². The lowest BCUT2D eigenvalue weighted by Crippen LogP contribution is -2.28. The fourth-order valence-corrected chi connectivity index (χ4v) is 1.97. The summed E-state index contributed by atoms with van der Waals surface area (Å²) in [6, 6.07) is 4.71. The van der Waals surface area contributed by atoms with Crippen molar-refractivity contribution in [1.82, 2.24) is 4.98 Å². The van der Waals surface area contributed by atoms with Crippen LogP contribution < -0.4 is 15.8 Å². The molecule has 0 aliphatic carbocycles. The van der Waals surface area contributed by atoms with Crippen LogP contribution in [0.2, 0.25) is 0 Å². The van der Waals surface area contributed by atoms with Gasteiger partial charge in [0.05, 0.1) is 0 Å². The first kappa shape index (κ1) is 19.4. The summed E-state index contributed by atoms with van der Waals surface area (Å²) in [4.78, 5) is 15.6. The van der Waals surface area contributed by atoms with Crippen LogP contribution in [0.25, 0.3) is 0 Å². The van der Waals surface area contributed by atoms with Gasteiger partial charge < -0.3 is 15.2 Å². The Bertz CT molecular complexity index is 808. The maximum atomic E-state index is 13.9. The van der Waals surface area contributed by atoms with E-state index >= 15 is 0 Å². The quantitative estimate of drug-likeness (QED) is 0.750. The first-order valence-corrected chi connectivity index (χ1v) is 7.57. The van der Waals surface area contributed by atoms with E-state index in [4.69, 9.17) is 15.2 Å². The maximum Gasteiger partial charge on any atom is 0.413 e. The van der Waals surface area contributed by atoms with Gasteiger partial charge in [0.25, 0.3) is 6.43 Å². The highest BCUT2D eigenvalue weighted by atomic mass is 19.3. The third kappa shape index (κ3) is 5.01. The molecule has 1 heterocycles. The van der Waals surface area contributed by atoms with E-state index in [0.29, 0.717) is 0 Å². The first-order chi connectivity index (χ1) is 12.1. The molecule has 0 unspecified atom stereocenters. The number of anilines is 2. The molecule has 0 spiro atoms. The van der Waals surface area contributed by atoms with Crippen LogP contribution in [-0.4, -0.2) is 16.7 Å². The second kappa shape index (κ2) is 7.51. The summed E-state index contributed by atoms with van der Waals surface area (Å²) in [5, 5.41) is 2.15. The lowest BCUT2D eigenvalue weighted by Gasteiger charge is -2.20. The molecule has 0 saturated carbocycles. The Morgan fingerprint density at radius 2 is 1.92 bits per heavy atom. The average molecular weight is 369 g/mol. The second-order valence-electron chi connectivity index (χ2n) is 6.29. The summed E-state index contributed by atoms with van der Waals surface area (Å²) in [6.45, 7) is 4.87. The van der Waals surface area contributed by atoms with Crippen LogP contribution in [-0.2, 0) is 4.74 Å². The van der Waals surface area contributed by atoms with Gasteiger partial charge in [-0.3, -0.25) is 5.32 Å². The number of pyridine rings is 1. The molecule has 2 aromatic rings. The molecule has 1 amide bonds. The van der Waals surface area contributed by atoms with E-state index in [9.17, 15) is 18.0 Å². The molecule has 9 heteroatoms. The molecule has 0 aliphatic rings. The number of nitrogens with two attached hydrogens (primary N) is 1. The number of benzene rings is 1. The summed E-state index contributed by atoms with van der Waals surface area (Å²) in [5.74, 6) is -1.91. The number of halogens is 3. The van der Waals surface area contributed by atoms with E-state index in [1.165, 1.54) is 12.1 Å². The van der Waals surface area contributed by atoms with Crippen molar-refractivity contribution in [3.63, 3.8) is 0 Å². The third-order valence-corrected chi connectivity index (χ3v) is 2.96. The number of rotatable bonds is 4. The number of nitrogens with one attached hydrogen (secondary N) is 1. The van der Waals surface area contributed by atoms with Crippen LogP contribution in [0.3, 0.4) is 0 Å². The van der Waals surface area contributed by atoms with Gasteiger partial charge in [-0.15, -0.1) is 0 Å². The number of aromatic nitrogens is 1. The molecule has 2 rings (SSSR count). The number of carbonyl (C=O) groups is 1. The van der Waals surface area contributed by atoms with Crippen molar-refractivity contribution in [1.29, 1.82) is 0 Å². The topological polar surface area (TPSA) is 86.5 Å². The van der Waals surface area contributed by atoms with Crippen LogP contribution in [0.5, 0.6) is 11.5 Å². The fraction of sp³-hybridized carbons (Fsp3) is 0.294. The van der Waals surface area contributed by atoms with Gasteiger partial charge in [0.15, 0.2) is 11.6 Å². The van der Waals surface area contributed by atoms with Crippen molar-refractivity contribution < 1.29 is 27.4 Å². The molecule has 1 aromatic carbocycles. The molecule has 0 aliphatic heterocycles. The number of ether oxygens (including phenoxy) is 2. The molecule has 0 saturated heterocycles. The highest BCUT2D eigenvalue weighted by Gasteiger charge is 2.25. The molecule has 1 aromatic heterocycles. The molecule has 3 N–H and O–H groups in total. The molecular weight excluding hydrogens is 351 g/mol. The number of amides is 1. The zero-order valence-corrected chi connectivity index (χ0v) is 14.3. The van der Waals surface area contributed by atoms with Crippen molar-refractivity contribution in [2.24, 2.45) is 0 Å². The molecule has 0 fully saturated rings. The molecular formula is C17H18F3N3O3. The van der Waals surface area contributed by atoms with E-state index in [0.717, 1.165) is 18.3 Å². The largest absolute Gasteiger partial charge is 0.454 e. The molecule has 140 valence electrons. The minimum atomic E-state index is -3.04. The number of alkyl halides is 2. The van der Waals surface area contributed by atoms with E-state index in [-0.39, 0.29) is 17.2 Å². The van der Waals surface area contributed by atoms with Crippen molar-refractivity contribution >= 4 is 17.6 Å². The maximum absolute atomic E-state index is 13.9. The summed E-state index contributed by atoms with van der Waals surface area (Å²) < 4.78 is 51.2. The Labute approximate surface area is 148 Å². The lowest BCUT2D eigenvalue weighted by molar-refractivity contribution is 0.0634. The number of hydrogen-bond acceptors (Lipinski definition) is 5. The van der Waals surface area contributed by atoms with Crippen LogP contribution in [0.15, 0.2) is 30.5 Å². The molecule has 6 nitrogen and oxygen atoms in total. The van der Waals surface area contributed by atoms with Gasteiger partial charge >= 0.3 is 6.09 Å². The number of carbonyl (C=O) groups excluding carboxylic acids is 1. The van der Waals surface area contributed by atoms with Crippen LogP contribution >= 0.6 is 0 Å². The summed E-state index contributed by atoms with van der Waals surface area (Å²) in [7, 11) is 0. The predicted molar refractivity (Wildman–Crippen MR) is 89.9 cm³/mol. The Morgan fingerprint density at radius 3 is 2.50 bits per heavy atom. The lowest BCUT2D eigenvalue weighted by atomic mass is 10.2. The van der Waals surface area contributed by atoms with Crippen molar-refractivity contribution in [3.05, 3.63) is 41.8 Å². The van der Waals surface area contributed by atoms with Crippen LogP contribution in [0.1, 0.15) is 32.8 Å². The number of hydrogen-bond donors (Lipinski definition) is 2. The normalized spacial score (nSPS) is 11.3. The fourth-order valence-electron chi connectivity index (χ4n) is 1.97. The van der Waals surface area contributed by atoms with Crippen LogP contribution in [0, 0.1) is 5.82 Å². The Kier molecular flexibility index (Phi) is 5.59. The standard InChI is InChI=1S/C17H18F3N3O3/c1-17(2,3)26-16(24)23-15-13(14(19)20)12(6-7-22-15)25-11-5-4-9(21)8-10(11)18/h4-8,14H,21H2,1-3H3,(H,22,23,24). The van der Waals surface area contributed by atoms with Crippen molar-refractivity contribution in [3.8, 4) is 11.5 Å². The number of nitrogens with zero attached hydrogens (tertiary/aromatic N) is 1. The van der Waals surface area contributed by atoms with E-state index in [2.05, 4.69) is 10.3 Å². The first-order valence-electron chi connectivity index (χ1n) is 7.57. The summed E-state index contributed by atoms with van der Waals surface area (Å²) >= 11 is 0. The van der Waals surface area contributed by atoms with E-state index < -0.39 is 35.3 Å². The highest BCUT2D eigenvalue weighted by Crippen LogP contribution is 2.37. The molecule has 26 heavy (non-hydrogen) atoms. The molecule has 0 atom stereocenters. The second-order valence-corrected chi connectivity index (χ2v) is 6.29. The van der Waals surface area contributed by atoms with Gasteiger partial charge in [-0.1, -0.05) is 0 Å². The SMILES string of the molecule is CC(C)(C)OC(=O)Nc1nccc(Oc2ccc(N)cc2F)c1C(F)F. The molecule has 0 bridgehead atoms. The van der Waals surface area contributed by atoms with Gasteiger partial charge in [-0.05, 0) is 39.0 Å². The summed E-state index contributed by atoms with van der Waals surface area (Å²) in [5.41, 5.74) is 4.08. The van der Waals surface area contributed by atoms with Crippen molar-refractivity contribution in [2.75, 3.05) is 11.1 Å².